The minimum Gasteiger partial charge on any atom is -0.375 e. The molecule has 0 saturated carbocycles. The Morgan fingerprint density at radius 2 is 2.11 bits per heavy atom. The van der Waals surface area contributed by atoms with Crippen molar-refractivity contribution in [1.29, 1.82) is 0 Å². The molecule has 2 aliphatic heterocycles. The summed E-state index contributed by atoms with van der Waals surface area (Å²) in [5.41, 5.74) is 3.83. The van der Waals surface area contributed by atoms with Gasteiger partial charge in [0.25, 0.3) is 5.91 Å². The summed E-state index contributed by atoms with van der Waals surface area (Å²) in [5, 5.41) is 3.12. The Balaban J connectivity index is 1.27. The van der Waals surface area contributed by atoms with Gasteiger partial charge in [0.05, 0.1) is 16.8 Å². The van der Waals surface area contributed by atoms with Gasteiger partial charge in [-0.1, -0.05) is 18.2 Å². The molecule has 1 spiro atoms. The van der Waals surface area contributed by atoms with E-state index in [9.17, 15) is 4.79 Å². The third kappa shape index (κ3) is 4.62. The molecule has 2 fully saturated rings. The van der Waals surface area contributed by atoms with Crippen LogP contribution in [0.1, 0.15) is 46.6 Å². The SMILES string of the molecule is Cc1ncsc1CN1CCC2(CC1)CC(CNC(=O)c1ccccc1)CCO2. The van der Waals surface area contributed by atoms with Gasteiger partial charge in [-0.3, -0.25) is 9.69 Å². The zero-order valence-corrected chi connectivity index (χ0v) is 17.3. The Kier molecular flexibility index (Phi) is 6.09. The molecular formula is C22H29N3O2S. The lowest BCUT2D eigenvalue weighted by Gasteiger charge is -2.46. The molecule has 28 heavy (non-hydrogen) atoms. The zero-order chi connectivity index (χ0) is 19.4. The molecule has 6 heteroatoms. The predicted molar refractivity (Wildman–Crippen MR) is 112 cm³/mol. The molecule has 2 aromatic rings. The van der Waals surface area contributed by atoms with Crippen LogP contribution in [0.15, 0.2) is 35.8 Å². The molecule has 1 aromatic carbocycles. The number of amides is 1. The number of thiazole rings is 1. The molecule has 3 heterocycles. The van der Waals surface area contributed by atoms with E-state index in [0.29, 0.717) is 5.92 Å². The van der Waals surface area contributed by atoms with Gasteiger partial charge < -0.3 is 10.1 Å². The minimum absolute atomic E-state index is 0.000362. The van der Waals surface area contributed by atoms with Gasteiger partial charge in [0.15, 0.2) is 0 Å². The fraction of sp³-hybridized carbons (Fsp3) is 0.545. The van der Waals surface area contributed by atoms with Crippen LogP contribution in [-0.2, 0) is 11.3 Å². The predicted octanol–water partition coefficient (Wildman–Crippen LogP) is 3.64. The van der Waals surface area contributed by atoms with Crippen molar-refractivity contribution in [2.24, 2.45) is 5.92 Å². The third-order valence-electron chi connectivity index (χ3n) is 6.16. The van der Waals surface area contributed by atoms with E-state index in [1.54, 1.807) is 11.3 Å². The maximum atomic E-state index is 12.3. The van der Waals surface area contributed by atoms with Crippen LogP contribution in [-0.4, -0.2) is 47.6 Å². The van der Waals surface area contributed by atoms with Gasteiger partial charge in [0, 0.05) is 43.2 Å². The minimum atomic E-state index is -0.000362. The number of piperidine rings is 1. The lowest BCUT2D eigenvalue weighted by atomic mass is 9.79. The van der Waals surface area contributed by atoms with Crippen molar-refractivity contribution in [2.75, 3.05) is 26.2 Å². The van der Waals surface area contributed by atoms with Crippen molar-refractivity contribution in [1.82, 2.24) is 15.2 Å². The number of rotatable bonds is 5. The van der Waals surface area contributed by atoms with Crippen molar-refractivity contribution in [3.8, 4) is 0 Å². The van der Waals surface area contributed by atoms with Crippen LogP contribution in [0.3, 0.4) is 0 Å². The molecule has 1 amide bonds. The first-order chi connectivity index (χ1) is 13.6. The molecule has 2 aliphatic rings. The Bertz CT molecular complexity index is 784. The first-order valence-corrected chi connectivity index (χ1v) is 11.1. The number of nitrogens with zero attached hydrogens (tertiary/aromatic N) is 2. The van der Waals surface area contributed by atoms with Crippen LogP contribution in [0.5, 0.6) is 0 Å². The summed E-state index contributed by atoms with van der Waals surface area (Å²) in [4.78, 5) is 20.6. The highest BCUT2D eigenvalue weighted by atomic mass is 32.1. The molecule has 0 bridgehead atoms. The summed E-state index contributed by atoms with van der Waals surface area (Å²) in [7, 11) is 0. The summed E-state index contributed by atoms with van der Waals surface area (Å²) in [6.45, 7) is 6.78. The molecule has 4 rings (SSSR count). The van der Waals surface area contributed by atoms with Crippen molar-refractivity contribution < 1.29 is 9.53 Å². The lowest BCUT2D eigenvalue weighted by Crippen LogP contribution is -2.50. The van der Waals surface area contributed by atoms with Gasteiger partial charge in [0.1, 0.15) is 0 Å². The molecule has 150 valence electrons. The van der Waals surface area contributed by atoms with Gasteiger partial charge in [0.2, 0.25) is 0 Å². The maximum Gasteiger partial charge on any atom is 0.251 e. The van der Waals surface area contributed by atoms with E-state index < -0.39 is 0 Å². The maximum absolute atomic E-state index is 12.3. The highest BCUT2D eigenvalue weighted by Gasteiger charge is 2.40. The smallest absolute Gasteiger partial charge is 0.251 e. The highest BCUT2D eigenvalue weighted by Crippen LogP contribution is 2.38. The van der Waals surface area contributed by atoms with Crippen LogP contribution in [0.25, 0.3) is 0 Å². The van der Waals surface area contributed by atoms with Crippen LogP contribution < -0.4 is 5.32 Å². The number of hydrogen-bond acceptors (Lipinski definition) is 5. The number of aromatic nitrogens is 1. The lowest BCUT2D eigenvalue weighted by molar-refractivity contribution is -0.127. The Morgan fingerprint density at radius 1 is 1.32 bits per heavy atom. The second-order valence-corrected chi connectivity index (χ2v) is 9.04. The van der Waals surface area contributed by atoms with Gasteiger partial charge in [-0.15, -0.1) is 11.3 Å². The number of carbonyl (C=O) groups is 1. The third-order valence-corrected chi connectivity index (χ3v) is 7.08. The van der Waals surface area contributed by atoms with E-state index in [2.05, 4.69) is 22.1 Å². The van der Waals surface area contributed by atoms with Crippen LogP contribution in [0, 0.1) is 12.8 Å². The topological polar surface area (TPSA) is 54.5 Å². The van der Waals surface area contributed by atoms with Crippen molar-refractivity contribution in [2.45, 2.75) is 44.8 Å². The van der Waals surface area contributed by atoms with Gasteiger partial charge in [-0.2, -0.15) is 0 Å². The summed E-state index contributed by atoms with van der Waals surface area (Å²) in [6, 6.07) is 9.46. The average molecular weight is 400 g/mol. The number of likely N-dealkylation sites (tertiary alicyclic amines) is 1. The van der Waals surface area contributed by atoms with Crippen LogP contribution >= 0.6 is 11.3 Å². The summed E-state index contributed by atoms with van der Waals surface area (Å²) < 4.78 is 6.29. The Hall–Kier alpha value is -1.76. The molecule has 5 nitrogen and oxygen atoms in total. The highest BCUT2D eigenvalue weighted by molar-refractivity contribution is 7.09. The molecule has 0 aliphatic carbocycles. The molecule has 1 atom stereocenters. The normalized spacial score (nSPS) is 22.2. The second kappa shape index (κ2) is 8.72. The Morgan fingerprint density at radius 3 is 2.82 bits per heavy atom. The number of benzene rings is 1. The molecule has 2 saturated heterocycles. The van der Waals surface area contributed by atoms with Gasteiger partial charge in [-0.05, 0) is 50.7 Å². The molecule has 0 radical (unpaired) electrons. The van der Waals surface area contributed by atoms with Gasteiger partial charge >= 0.3 is 0 Å². The van der Waals surface area contributed by atoms with E-state index in [1.165, 1.54) is 4.88 Å². The first kappa shape index (κ1) is 19.6. The first-order valence-electron chi connectivity index (χ1n) is 10.2. The van der Waals surface area contributed by atoms with Gasteiger partial charge in [-0.25, -0.2) is 4.98 Å². The molecule has 1 unspecified atom stereocenters. The van der Waals surface area contributed by atoms with E-state index in [1.807, 2.05) is 35.8 Å². The quantitative estimate of drug-likeness (QED) is 0.834. The number of aryl methyl sites for hydroxylation is 1. The number of ether oxygens (including phenoxy) is 1. The summed E-state index contributed by atoms with van der Waals surface area (Å²) in [5.74, 6) is 0.521. The zero-order valence-electron chi connectivity index (χ0n) is 16.5. The standard InChI is InChI=1S/C22H29N3O2S/c1-17-20(28-16-24-17)15-25-10-8-22(9-11-25)13-18(7-12-27-22)14-23-21(26)19-5-3-2-4-6-19/h2-6,16,18H,7-15H2,1H3,(H,23,26). The van der Waals surface area contributed by atoms with E-state index >= 15 is 0 Å². The second-order valence-electron chi connectivity index (χ2n) is 8.10. The van der Waals surface area contributed by atoms with Crippen molar-refractivity contribution in [3.05, 3.63) is 52.0 Å². The van der Waals surface area contributed by atoms with E-state index in [0.717, 1.165) is 69.7 Å². The fourth-order valence-electron chi connectivity index (χ4n) is 4.38. The van der Waals surface area contributed by atoms with E-state index in [4.69, 9.17) is 4.74 Å². The summed E-state index contributed by atoms with van der Waals surface area (Å²) in [6.07, 6.45) is 4.23. The number of nitrogens with one attached hydrogen (secondary N) is 1. The molecular weight excluding hydrogens is 370 g/mol. The van der Waals surface area contributed by atoms with Crippen molar-refractivity contribution in [3.63, 3.8) is 0 Å². The fourth-order valence-corrected chi connectivity index (χ4v) is 5.20. The molecule has 1 N–H and O–H groups in total. The van der Waals surface area contributed by atoms with Crippen LogP contribution in [0.4, 0.5) is 0 Å². The van der Waals surface area contributed by atoms with E-state index in [-0.39, 0.29) is 11.5 Å². The largest absolute Gasteiger partial charge is 0.375 e. The van der Waals surface area contributed by atoms with Crippen LogP contribution in [0.2, 0.25) is 0 Å². The number of carbonyl (C=O) groups excluding carboxylic acids is 1. The number of hydrogen-bond donors (Lipinski definition) is 1. The Labute approximate surface area is 171 Å². The molecule has 1 aromatic heterocycles. The summed E-state index contributed by atoms with van der Waals surface area (Å²) >= 11 is 1.75. The monoisotopic (exact) mass is 399 g/mol. The van der Waals surface area contributed by atoms with Crippen molar-refractivity contribution >= 4 is 17.2 Å². The average Bonchev–Trinajstić information content (AvgIpc) is 3.13.